The van der Waals surface area contributed by atoms with Gasteiger partial charge in [-0.1, -0.05) is 11.6 Å². The molecule has 84 valence electrons. The van der Waals surface area contributed by atoms with E-state index in [0.29, 0.717) is 22.1 Å². The number of nitrogens with zero attached hydrogens (tertiary/aromatic N) is 2. The Bertz CT molecular complexity index is 575. The van der Waals surface area contributed by atoms with Crippen molar-refractivity contribution in [3.8, 4) is 0 Å². The molecule has 0 aliphatic heterocycles. The number of carboxylic acid groups (broad SMARTS) is 1. The predicted octanol–water partition coefficient (Wildman–Crippen LogP) is 2.23. The van der Waals surface area contributed by atoms with Crippen molar-refractivity contribution in [1.82, 2.24) is 9.38 Å². The van der Waals surface area contributed by atoms with Crippen molar-refractivity contribution in [1.29, 1.82) is 0 Å². The van der Waals surface area contributed by atoms with E-state index in [1.54, 1.807) is 11.3 Å². The first-order chi connectivity index (χ1) is 7.49. The highest BCUT2D eigenvalue weighted by Crippen LogP contribution is 2.21. The second kappa shape index (κ2) is 3.79. The van der Waals surface area contributed by atoms with Gasteiger partial charge in [-0.3, -0.25) is 4.79 Å². The molecule has 0 aliphatic rings. The predicted molar refractivity (Wildman–Crippen MR) is 61.0 cm³/mol. The zero-order valence-electron chi connectivity index (χ0n) is 8.99. The first kappa shape index (κ1) is 11.0. The van der Waals surface area contributed by atoms with Crippen LogP contribution in [0.15, 0.2) is 12.3 Å². The normalized spacial score (nSPS) is 10.9. The topological polar surface area (TPSA) is 54.6 Å². The number of aromatic nitrogens is 2. The molecule has 0 saturated carbocycles. The second-order valence-electron chi connectivity index (χ2n) is 3.77. The van der Waals surface area contributed by atoms with Crippen molar-refractivity contribution in [3.63, 3.8) is 0 Å². The van der Waals surface area contributed by atoms with Gasteiger partial charge in [0, 0.05) is 6.20 Å². The molecule has 0 unspecified atom stereocenters. The monoisotopic (exact) mass is 238 g/mol. The molecule has 4 nitrogen and oxygen atoms in total. The number of carboxylic acids is 1. The summed E-state index contributed by atoms with van der Waals surface area (Å²) in [4.78, 5) is 15.0. The lowest BCUT2D eigenvalue weighted by Gasteiger charge is -2.02. The van der Waals surface area contributed by atoms with Gasteiger partial charge in [-0.15, -0.1) is 0 Å². The molecule has 0 atom stereocenters. The van der Waals surface area contributed by atoms with Crippen LogP contribution in [0, 0.1) is 13.8 Å². The molecule has 0 aliphatic carbocycles. The summed E-state index contributed by atoms with van der Waals surface area (Å²) in [6.07, 6.45) is 1.80. The van der Waals surface area contributed by atoms with E-state index in [-0.39, 0.29) is 6.42 Å². The van der Waals surface area contributed by atoms with Gasteiger partial charge >= 0.3 is 5.97 Å². The zero-order valence-corrected chi connectivity index (χ0v) is 9.75. The number of pyridine rings is 1. The highest BCUT2D eigenvalue weighted by molar-refractivity contribution is 6.33. The third-order valence-electron chi connectivity index (χ3n) is 2.43. The van der Waals surface area contributed by atoms with Gasteiger partial charge in [-0.2, -0.15) is 0 Å². The Kier molecular flexibility index (Phi) is 2.59. The van der Waals surface area contributed by atoms with Crippen LogP contribution in [0.4, 0.5) is 0 Å². The Labute approximate surface area is 97.5 Å². The van der Waals surface area contributed by atoms with E-state index in [0.717, 1.165) is 5.56 Å². The van der Waals surface area contributed by atoms with Crippen LogP contribution >= 0.6 is 11.6 Å². The summed E-state index contributed by atoms with van der Waals surface area (Å²) in [5.41, 5.74) is 2.96. The van der Waals surface area contributed by atoms with Crippen LogP contribution < -0.4 is 0 Å². The molecule has 2 rings (SSSR count). The molecule has 0 aromatic carbocycles. The summed E-state index contributed by atoms with van der Waals surface area (Å²) >= 11 is 6.05. The minimum atomic E-state index is -0.873. The molecule has 2 aromatic rings. The lowest BCUT2D eigenvalue weighted by atomic mass is 10.2. The van der Waals surface area contributed by atoms with Crippen LogP contribution in [0.5, 0.6) is 0 Å². The van der Waals surface area contributed by atoms with Gasteiger partial charge in [0.1, 0.15) is 0 Å². The van der Waals surface area contributed by atoms with E-state index in [1.165, 1.54) is 0 Å². The number of hydrogen-bond donors (Lipinski definition) is 1. The Morgan fingerprint density at radius 2 is 2.25 bits per heavy atom. The average molecular weight is 239 g/mol. The van der Waals surface area contributed by atoms with Crippen LogP contribution in [-0.2, 0) is 11.2 Å². The van der Waals surface area contributed by atoms with Gasteiger partial charge < -0.3 is 9.51 Å². The maximum atomic E-state index is 10.8. The molecule has 16 heavy (non-hydrogen) atoms. The van der Waals surface area contributed by atoms with Crippen LogP contribution in [0.1, 0.15) is 17.0 Å². The van der Waals surface area contributed by atoms with Gasteiger partial charge in [-0.05, 0) is 25.5 Å². The van der Waals surface area contributed by atoms with Crippen molar-refractivity contribution in [2.45, 2.75) is 20.3 Å². The molecule has 0 spiro atoms. The summed E-state index contributed by atoms with van der Waals surface area (Å²) in [6, 6.07) is 1.81. The quantitative estimate of drug-likeness (QED) is 0.873. The Hall–Kier alpha value is -1.55. The number of aliphatic carboxylic acids is 1. The van der Waals surface area contributed by atoms with Crippen molar-refractivity contribution < 1.29 is 9.90 Å². The highest BCUT2D eigenvalue weighted by atomic mass is 35.5. The van der Waals surface area contributed by atoms with Crippen molar-refractivity contribution >= 4 is 23.2 Å². The van der Waals surface area contributed by atoms with Gasteiger partial charge in [-0.25, -0.2) is 4.98 Å². The number of rotatable bonds is 2. The van der Waals surface area contributed by atoms with Crippen molar-refractivity contribution in [2.24, 2.45) is 0 Å². The molecular formula is C11H11ClN2O2. The summed E-state index contributed by atoms with van der Waals surface area (Å²) in [5.74, 6) is -0.873. The molecule has 2 heterocycles. The van der Waals surface area contributed by atoms with Crippen LogP contribution in [0.25, 0.3) is 5.65 Å². The van der Waals surface area contributed by atoms with E-state index < -0.39 is 5.97 Å². The molecule has 0 amide bonds. The largest absolute Gasteiger partial charge is 0.481 e. The number of fused-ring (bicyclic) bond motifs is 1. The second-order valence-corrected chi connectivity index (χ2v) is 4.18. The molecule has 0 bridgehead atoms. The van der Waals surface area contributed by atoms with Crippen molar-refractivity contribution in [2.75, 3.05) is 0 Å². The summed E-state index contributed by atoms with van der Waals surface area (Å²) < 4.78 is 1.75. The highest BCUT2D eigenvalue weighted by Gasteiger charge is 2.14. The Balaban J connectivity index is 2.73. The Morgan fingerprint density at radius 3 is 2.88 bits per heavy atom. The summed E-state index contributed by atoms with van der Waals surface area (Å²) in [7, 11) is 0. The number of aryl methyl sites for hydroxylation is 2. The molecule has 1 N–H and O–H groups in total. The summed E-state index contributed by atoms with van der Waals surface area (Å²) in [6.45, 7) is 3.70. The standard InChI is InChI=1S/C11H11ClN2O2/c1-6-3-8(12)11-13-7(2)9(4-10(15)16)14(11)5-6/h3,5H,4H2,1-2H3,(H,15,16). The fourth-order valence-electron chi connectivity index (χ4n) is 1.75. The minimum Gasteiger partial charge on any atom is -0.481 e. The van der Waals surface area contributed by atoms with Crippen LogP contribution in [0.3, 0.4) is 0 Å². The fraction of sp³-hybridized carbons (Fsp3) is 0.273. The number of carbonyl (C=O) groups is 1. The van der Waals surface area contributed by atoms with E-state index in [4.69, 9.17) is 16.7 Å². The minimum absolute atomic E-state index is 0.0488. The number of halogens is 1. The molecular weight excluding hydrogens is 228 g/mol. The molecule has 0 saturated heterocycles. The van der Waals surface area contributed by atoms with Crippen molar-refractivity contribution in [3.05, 3.63) is 34.2 Å². The van der Waals surface area contributed by atoms with Gasteiger partial charge in [0.25, 0.3) is 0 Å². The maximum Gasteiger partial charge on any atom is 0.309 e. The first-order valence-corrected chi connectivity index (χ1v) is 5.22. The molecule has 0 fully saturated rings. The van der Waals surface area contributed by atoms with Gasteiger partial charge in [0.15, 0.2) is 5.65 Å². The summed E-state index contributed by atoms with van der Waals surface area (Å²) in [5, 5.41) is 9.38. The molecule has 0 radical (unpaired) electrons. The number of hydrogen-bond acceptors (Lipinski definition) is 2. The number of imidazole rings is 1. The molecule has 5 heteroatoms. The van der Waals surface area contributed by atoms with E-state index in [2.05, 4.69) is 4.98 Å². The molecule has 2 aromatic heterocycles. The third-order valence-corrected chi connectivity index (χ3v) is 2.71. The third kappa shape index (κ3) is 1.76. The van der Waals surface area contributed by atoms with E-state index in [9.17, 15) is 4.79 Å². The maximum absolute atomic E-state index is 10.8. The van der Waals surface area contributed by atoms with Gasteiger partial charge in [0.2, 0.25) is 0 Å². The lowest BCUT2D eigenvalue weighted by molar-refractivity contribution is -0.136. The Morgan fingerprint density at radius 1 is 1.56 bits per heavy atom. The van der Waals surface area contributed by atoms with E-state index in [1.807, 2.05) is 19.2 Å². The fourth-order valence-corrected chi connectivity index (χ4v) is 2.05. The average Bonchev–Trinajstić information content (AvgIpc) is 2.45. The lowest BCUT2D eigenvalue weighted by Crippen LogP contribution is -2.04. The zero-order chi connectivity index (χ0) is 11.9. The first-order valence-electron chi connectivity index (χ1n) is 4.84. The SMILES string of the molecule is Cc1cc(Cl)c2nc(C)c(CC(=O)O)n2c1. The van der Waals surface area contributed by atoms with E-state index >= 15 is 0 Å². The smallest absolute Gasteiger partial charge is 0.309 e. The van der Waals surface area contributed by atoms with Gasteiger partial charge in [0.05, 0.1) is 22.8 Å². The van der Waals surface area contributed by atoms with Crippen LogP contribution in [-0.4, -0.2) is 20.5 Å². The van der Waals surface area contributed by atoms with Crippen LogP contribution in [0.2, 0.25) is 5.02 Å².